The number of nitrogens with one attached hydrogen (secondary N) is 1. The molecule has 10 nitrogen and oxygen atoms in total. The molecule has 0 radical (unpaired) electrons. The Hall–Kier alpha value is -3.30. The van der Waals surface area contributed by atoms with Crippen LogP contribution in [0.3, 0.4) is 0 Å². The van der Waals surface area contributed by atoms with Gasteiger partial charge in [0, 0.05) is 37.8 Å². The quantitative estimate of drug-likeness (QED) is 0.695. The van der Waals surface area contributed by atoms with Crippen molar-refractivity contribution in [2.45, 2.75) is 57.5 Å². The first kappa shape index (κ1) is 23.4. The standard InChI is InChI=1S/C25H33N7O3/c33-22(16-32-18-26-28-29-32)30-13-10-25(11-14-30)12-15-31(17-25)24(35)20-8-4-5-9-21(20)27-23(34)19-6-2-1-3-7-19/h1-3,6-7,18,20-21H,4-5,8-17H2,(H,27,34). The minimum Gasteiger partial charge on any atom is -0.349 e. The number of likely N-dealkylation sites (tertiary alicyclic amines) is 2. The predicted octanol–water partition coefficient (Wildman–Crippen LogP) is 1.50. The third-order valence-corrected chi connectivity index (χ3v) is 8.05. The van der Waals surface area contributed by atoms with Gasteiger partial charge in [0.2, 0.25) is 11.8 Å². The van der Waals surface area contributed by atoms with Gasteiger partial charge in [0.1, 0.15) is 12.9 Å². The number of amides is 3. The number of piperidine rings is 1. The first-order valence-corrected chi connectivity index (χ1v) is 12.7. The van der Waals surface area contributed by atoms with E-state index in [-0.39, 0.29) is 41.6 Å². The van der Waals surface area contributed by atoms with Crippen LogP contribution in [0.25, 0.3) is 0 Å². The van der Waals surface area contributed by atoms with Crippen LogP contribution in [0, 0.1) is 11.3 Å². The van der Waals surface area contributed by atoms with Crippen LogP contribution in [-0.2, 0) is 16.1 Å². The SMILES string of the molecule is O=C(NC1CCCCC1C(=O)N1CCC2(CCN(C(=O)Cn3cnnn3)CC2)C1)c1ccccc1. The Morgan fingerprint density at radius 1 is 0.971 bits per heavy atom. The Morgan fingerprint density at radius 2 is 1.69 bits per heavy atom. The van der Waals surface area contributed by atoms with Crippen molar-refractivity contribution in [1.82, 2.24) is 35.3 Å². The summed E-state index contributed by atoms with van der Waals surface area (Å²) in [6.07, 6.45) is 7.93. The van der Waals surface area contributed by atoms with E-state index in [0.29, 0.717) is 18.7 Å². The van der Waals surface area contributed by atoms with E-state index >= 15 is 0 Å². The van der Waals surface area contributed by atoms with E-state index in [1.54, 1.807) is 12.1 Å². The van der Waals surface area contributed by atoms with Crippen LogP contribution in [0.4, 0.5) is 0 Å². The van der Waals surface area contributed by atoms with Crippen LogP contribution in [-0.4, -0.2) is 79.9 Å². The average Bonchev–Trinajstić information content (AvgIpc) is 3.55. The van der Waals surface area contributed by atoms with Crippen LogP contribution in [0.15, 0.2) is 36.7 Å². The highest BCUT2D eigenvalue weighted by molar-refractivity contribution is 5.94. The van der Waals surface area contributed by atoms with Gasteiger partial charge in [-0.25, -0.2) is 4.68 Å². The molecule has 2 saturated heterocycles. The topological polar surface area (TPSA) is 113 Å². The Balaban J connectivity index is 1.16. The van der Waals surface area contributed by atoms with Crippen LogP contribution in [0.5, 0.6) is 0 Å². The van der Waals surface area contributed by atoms with E-state index in [4.69, 9.17) is 0 Å². The van der Waals surface area contributed by atoms with E-state index in [9.17, 15) is 14.4 Å². The van der Waals surface area contributed by atoms with E-state index < -0.39 is 0 Å². The van der Waals surface area contributed by atoms with E-state index in [1.807, 2.05) is 28.0 Å². The number of aromatic nitrogens is 4. The summed E-state index contributed by atoms with van der Waals surface area (Å²) >= 11 is 0. The maximum atomic E-state index is 13.6. The third-order valence-electron chi connectivity index (χ3n) is 8.05. The summed E-state index contributed by atoms with van der Waals surface area (Å²) in [5.74, 6) is -0.0640. The summed E-state index contributed by atoms with van der Waals surface area (Å²) in [4.78, 5) is 42.8. The second-order valence-corrected chi connectivity index (χ2v) is 10.2. The third kappa shape index (κ3) is 5.21. The monoisotopic (exact) mass is 479 g/mol. The average molecular weight is 480 g/mol. The zero-order valence-corrected chi connectivity index (χ0v) is 20.0. The summed E-state index contributed by atoms with van der Waals surface area (Å²) in [6.45, 7) is 3.05. The maximum absolute atomic E-state index is 13.6. The van der Waals surface area contributed by atoms with Crippen LogP contribution < -0.4 is 5.32 Å². The highest BCUT2D eigenvalue weighted by atomic mass is 16.2. The molecule has 1 saturated carbocycles. The maximum Gasteiger partial charge on any atom is 0.251 e. The smallest absolute Gasteiger partial charge is 0.251 e. The number of hydrogen-bond donors (Lipinski definition) is 1. The lowest BCUT2D eigenvalue weighted by Gasteiger charge is -2.40. The molecule has 2 atom stereocenters. The first-order valence-electron chi connectivity index (χ1n) is 12.7. The Morgan fingerprint density at radius 3 is 2.40 bits per heavy atom. The zero-order chi connectivity index (χ0) is 24.3. The molecule has 5 rings (SSSR count). The molecular formula is C25H33N7O3. The largest absolute Gasteiger partial charge is 0.349 e. The Bertz CT molecular complexity index is 1030. The molecule has 186 valence electrons. The van der Waals surface area contributed by atoms with Gasteiger partial charge in [0.15, 0.2) is 0 Å². The number of rotatable bonds is 5. The van der Waals surface area contributed by atoms with E-state index in [0.717, 1.165) is 58.0 Å². The van der Waals surface area contributed by atoms with Gasteiger partial charge in [0.05, 0.1) is 5.92 Å². The lowest BCUT2D eigenvalue weighted by atomic mass is 9.77. The van der Waals surface area contributed by atoms with Crippen molar-refractivity contribution in [2.24, 2.45) is 11.3 Å². The number of benzene rings is 1. The summed E-state index contributed by atoms with van der Waals surface area (Å²) in [6, 6.07) is 9.09. The van der Waals surface area contributed by atoms with Crippen molar-refractivity contribution in [3.63, 3.8) is 0 Å². The van der Waals surface area contributed by atoms with Crippen molar-refractivity contribution in [3.8, 4) is 0 Å². The second-order valence-electron chi connectivity index (χ2n) is 10.2. The molecule has 2 unspecified atom stereocenters. The van der Waals surface area contributed by atoms with Gasteiger partial charge in [-0.05, 0) is 60.1 Å². The molecule has 3 heterocycles. The molecule has 1 N–H and O–H groups in total. The lowest BCUT2D eigenvalue weighted by molar-refractivity contribution is -0.138. The molecule has 3 aliphatic rings. The first-order chi connectivity index (χ1) is 17.0. The predicted molar refractivity (Wildman–Crippen MR) is 127 cm³/mol. The molecule has 2 aliphatic heterocycles. The fourth-order valence-electron chi connectivity index (χ4n) is 5.93. The number of carbonyl (C=O) groups excluding carboxylic acids is 3. The van der Waals surface area contributed by atoms with Gasteiger partial charge in [0.25, 0.3) is 5.91 Å². The Kier molecular flexibility index (Phi) is 6.79. The number of carbonyl (C=O) groups is 3. The molecule has 3 fully saturated rings. The molecule has 2 aromatic rings. The number of nitrogens with zero attached hydrogens (tertiary/aromatic N) is 6. The van der Waals surface area contributed by atoms with Gasteiger partial charge >= 0.3 is 0 Å². The molecule has 10 heteroatoms. The minimum absolute atomic E-state index is 0.0253. The van der Waals surface area contributed by atoms with Gasteiger partial charge in [-0.15, -0.1) is 5.10 Å². The van der Waals surface area contributed by atoms with Crippen LogP contribution in [0.1, 0.15) is 55.3 Å². The molecule has 1 spiro atoms. The molecule has 35 heavy (non-hydrogen) atoms. The number of tetrazole rings is 1. The second kappa shape index (κ2) is 10.1. The molecule has 1 aromatic carbocycles. The van der Waals surface area contributed by atoms with Gasteiger partial charge < -0.3 is 15.1 Å². The molecule has 1 aromatic heterocycles. The van der Waals surface area contributed by atoms with Gasteiger partial charge in [-0.3, -0.25) is 14.4 Å². The molecule has 1 aliphatic carbocycles. The minimum atomic E-state index is -0.162. The van der Waals surface area contributed by atoms with Crippen LogP contribution in [0.2, 0.25) is 0 Å². The van der Waals surface area contributed by atoms with E-state index in [2.05, 4.69) is 20.8 Å². The van der Waals surface area contributed by atoms with Crippen molar-refractivity contribution in [1.29, 1.82) is 0 Å². The highest BCUT2D eigenvalue weighted by Crippen LogP contribution is 2.41. The van der Waals surface area contributed by atoms with Gasteiger partial charge in [-0.1, -0.05) is 31.0 Å². The molecular weight excluding hydrogens is 446 g/mol. The van der Waals surface area contributed by atoms with Crippen molar-refractivity contribution in [3.05, 3.63) is 42.2 Å². The normalized spacial score (nSPS) is 23.9. The summed E-state index contributed by atoms with van der Waals surface area (Å²) in [7, 11) is 0. The summed E-state index contributed by atoms with van der Waals surface area (Å²) in [5, 5.41) is 14.1. The highest BCUT2D eigenvalue weighted by Gasteiger charge is 2.45. The Labute approximate surface area is 205 Å². The van der Waals surface area contributed by atoms with Gasteiger partial charge in [-0.2, -0.15) is 0 Å². The zero-order valence-electron chi connectivity index (χ0n) is 20.0. The summed E-state index contributed by atoms with van der Waals surface area (Å²) in [5.41, 5.74) is 0.712. The number of hydrogen-bond acceptors (Lipinski definition) is 6. The molecule has 0 bridgehead atoms. The summed E-state index contributed by atoms with van der Waals surface area (Å²) < 4.78 is 1.44. The van der Waals surface area contributed by atoms with E-state index in [1.165, 1.54) is 11.0 Å². The molecule has 3 amide bonds. The van der Waals surface area contributed by atoms with Crippen molar-refractivity contribution >= 4 is 17.7 Å². The lowest BCUT2D eigenvalue weighted by Crippen LogP contribution is -2.50. The van der Waals surface area contributed by atoms with Crippen molar-refractivity contribution < 1.29 is 14.4 Å². The van der Waals surface area contributed by atoms with Crippen LogP contribution >= 0.6 is 0 Å². The van der Waals surface area contributed by atoms with Crippen molar-refractivity contribution in [2.75, 3.05) is 26.2 Å². The fourth-order valence-corrected chi connectivity index (χ4v) is 5.93. The fraction of sp³-hybridized carbons (Fsp3) is 0.600.